The number of aromatic nitrogens is 2. The van der Waals surface area contributed by atoms with Gasteiger partial charge in [-0.2, -0.15) is 5.10 Å². The second-order valence-corrected chi connectivity index (χ2v) is 5.35. The summed E-state index contributed by atoms with van der Waals surface area (Å²) in [7, 11) is 0. The van der Waals surface area contributed by atoms with Crippen molar-refractivity contribution in [3.8, 4) is 11.3 Å². The van der Waals surface area contributed by atoms with Crippen LogP contribution >= 0.6 is 0 Å². The zero-order chi connectivity index (χ0) is 15.6. The van der Waals surface area contributed by atoms with Gasteiger partial charge in [0.25, 0.3) is 5.56 Å². The zero-order valence-electron chi connectivity index (χ0n) is 12.9. The topological polar surface area (TPSA) is 52.0 Å². The van der Waals surface area contributed by atoms with Gasteiger partial charge >= 0.3 is 0 Å². The summed E-state index contributed by atoms with van der Waals surface area (Å²) < 4.78 is 1.39. The summed E-state index contributed by atoms with van der Waals surface area (Å²) in [5, 5.41) is 4.42. The largest absolute Gasteiger partial charge is 0.294 e. The normalized spacial score (nSPS) is 10.7. The van der Waals surface area contributed by atoms with Crippen molar-refractivity contribution in [3.05, 3.63) is 51.3 Å². The molecular formula is C17H20N2O2. The van der Waals surface area contributed by atoms with Crippen LogP contribution in [0.3, 0.4) is 0 Å². The molecule has 0 fully saturated rings. The third kappa shape index (κ3) is 3.10. The highest BCUT2D eigenvalue weighted by atomic mass is 16.1. The molecule has 1 heterocycles. The molecule has 110 valence electrons. The van der Waals surface area contributed by atoms with Gasteiger partial charge < -0.3 is 0 Å². The van der Waals surface area contributed by atoms with E-state index in [2.05, 4.69) is 11.2 Å². The van der Waals surface area contributed by atoms with Gasteiger partial charge in [-0.3, -0.25) is 9.59 Å². The number of carbonyl (C=O) groups is 1. The molecule has 0 N–H and O–H groups in total. The lowest BCUT2D eigenvalue weighted by Crippen LogP contribution is -2.28. The Balaban J connectivity index is 2.68. The second kappa shape index (κ2) is 6.04. The third-order valence-corrected chi connectivity index (χ3v) is 3.45. The molecule has 0 atom stereocenters. The first-order valence-electron chi connectivity index (χ1n) is 7.14. The van der Waals surface area contributed by atoms with Crippen LogP contribution in [0.4, 0.5) is 0 Å². The van der Waals surface area contributed by atoms with E-state index in [9.17, 15) is 9.59 Å². The highest BCUT2D eigenvalue weighted by Crippen LogP contribution is 2.22. The summed E-state index contributed by atoms with van der Waals surface area (Å²) in [6.45, 7) is 7.94. The first kappa shape index (κ1) is 15.2. The fourth-order valence-electron chi connectivity index (χ4n) is 2.39. The summed E-state index contributed by atoms with van der Waals surface area (Å²) in [6.07, 6.45) is 0.792. The molecule has 2 aromatic rings. The summed E-state index contributed by atoms with van der Waals surface area (Å²) in [5.74, 6) is -0.224. The number of carbonyl (C=O) groups excluding carboxylic acids is 1. The fourth-order valence-corrected chi connectivity index (χ4v) is 2.39. The first-order valence-corrected chi connectivity index (χ1v) is 7.14. The molecule has 0 amide bonds. The lowest BCUT2D eigenvalue weighted by molar-refractivity contribution is 0.101. The minimum atomic E-state index is -0.308. The second-order valence-electron chi connectivity index (χ2n) is 5.35. The van der Waals surface area contributed by atoms with Gasteiger partial charge in [0.15, 0.2) is 5.78 Å². The van der Waals surface area contributed by atoms with E-state index in [-0.39, 0.29) is 16.9 Å². The number of hydrogen-bond donors (Lipinski definition) is 0. The molecule has 0 aliphatic carbocycles. The molecule has 1 aromatic heterocycles. The lowest BCUT2D eigenvalue weighted by atomic mass is 10.0. The van der Waals surface area contributed by atoms with Crippen LogP contribution in [-0.2, 0) is 6.54 Å². The molecule has 0 aliphatic rings. The van der Waals surface area contributed by atoms with E-state index >= 15 is 0 Å². The van der Waals surface area contributed by atoms with E-state index in [1.165, 1.54) is 17.2 Å². The van der Waals surface area contributed by atoms with Gasteiger partial charge in [0.1, 0.15) is 0 Å². The van der Waals surface area contributed by atoms with Crippen molar-refractivity contribution in [1.82, 2.24) is 9.78 Å². The minimum Gasteiger partial charge on any atom is -0.294 e. The Morgan fingerprint density at radius 2 is 1.95 bits per heavy atom. The monoisotopic (exact) mass is 284 g/mol. The molecule has 4 nitrogen and oxygen atoms in total. The van der Waals surface area contributed by atoms with Crippen LogP contribution in [0, 0.1) is 13.8 Å². The van der Waals surface area contributed by atoms with Gasteiger partial charge in [-0.1, -0.05) is 30.7 Å². The Morgan fingerprint density at radius 3 is 2.52 bits per heavy atom. The number of aryl methyl sites for hydroxylation is 3. The van der Waals surface area contributed by atoms with Crippen molar-refractivity contribution in [2.24, 2.45) is 0 Å². The van der Waals surface area contributed by atoms with Crippen molar-refractivity contribution < 1.29 is 4.79 Å². The molecule has 21 heavy (non-hydrogen) atoms. The Hall–Kier alpha value is -2.23. The van der Waals surface area contributed by atoms with E-state index in [1.807, 2.05) is 32.9 Å². The summed E-state index contributed by atoms with van der Waals surface area (Å²) in [5.41, 5.74) is 3.77. The van der Waals surface area contributed by atoms with E-state index < -0.39 is 0 Å². The molecule has 0 spiro atoms. The van der Waals surface area contributed by atoms with Gasteiger partial charge in [0, 0.05) is 12.1 Å². The van der Waals surface area contributed by atoms with Crippen molar-refractivity contribution in [2.75, 3.05) is 0 Å². The zero-order valence-corrected chi connectivity index (χ0v) is 12.9. The van der Waals surface area contributed by atoms with Crippen LogP contribution in [-0.4, -0.2) is 15.6 Å². The molecule has 2 rings (SSSR count). The molecule has 0 saturated carbocycles. The van der Waals surface area contributed by atoms with Crippen molar-refractivity contribution in [2.45, 2.75) is 40.7 Å². The summed E-state index contributed by atoms with van der Waals surface area (Å²) >= 11 is 0. The standard InChI is InChI=1S/C17H20N2O2/c1-5-8-19-17(21)15(13(4)20)10-16(18-19)14-7-6-11(2)9-12(14)3/h6-7,9-10H,5,8H2,1-4H3. The van der Waals surface area contributed by atoms with Gasteiger partial charge in [0.2, 0.25) is 0 Å². The first-order chi connectivity index (χ1) is 9.93. The minimum absolute atomic E-state index is 0.202. The van der Waals surface area contributed by atoms with Crippen LogP contribution in [0.2, 0.25) is 0 Å². The van der Waals surface area contributed by atoms with E-state index in [0.29, 0.717) is 12.2 Å². The molecule has 0 saturated heterocycles. The molecule has 1 aromatic carbocycles. The van der Waals surface area contributed by atoms with E-state index in [4.69, 9.17) is 0 Å². The molecule has 0 unspecified atom stereocenters. The maximum Gasteiger partial charge on any atom is 0.277 e. The van der Waals surface area contributed by atoms with Gasteiger partial charge in [-0.05, 0) is 38.8 Å². The lowest BCUT2D eigenvalue weighted by Gasteiger charge is -2.11. The van der Waals surface area contributed by atoms with Crippen molar-refractivity contribution >= 4 is 5.78 Å². The van der Waals surface area contributed by atoms with Crippen LogP contribution in [0.5, 0.6) is 0 Å². The number of benzene rings is 1. The van der Waals surface area contributed by atoms with E-state index in [1.54, 1.807) is 6.07 Å². The van der Waals surface area contributed by atoms with Gasteiger partial charge in [0.05, 0.1) is 11.3 Å². The number of hydrogen-bond acceptors (Lipinski definition) is 3. The highest BCUT2D eigenvalue weighted by Gasteiger charge is 2.14. The Labute approximate surface area is 124 Å². The number of nitrogens with zero attached hydrogens (tertiary/aromatic N) is 2. The van der Waals surface area contributed by atoms with E-state index in [0.717, 1.165) is 17.5 Å². The maximum atomic E-state index is 12.2. The predicted molar refractivity (Wildman–Crippen MR) is 83.7 cm³/mol. The highest BCUT2D eigenvalue weighted by molar-refractivity contribution is 5.94. The molecule has 0 aliphatic heterocycles. The van der Waals surface area contributed by atoms with Crippen LogP contribution < -0.4 is 5.56 Å². The average molecular weight is 284 g/mol. The Morgan fingerprint density at radius 1 is 1.24 bits per heavy atom. The maximum absolute atomic E-state index is 12.2. The fraction of sp³-hybridized carbons (Fsp3) is 0.353. The van der Waals surface area contributed by atoms with Crippen LogP contribution in [0.15, 0.2) is 29.1 Å². The number of ketones is 1. The molecular weight excluding hydrogens is 264 g/mol. The summed E-state index contributed by atoms with van der Waals surface area (Å²) in [6, 6.07) is 7.67. The SMILES string of the molecule is CCCn1nc(-c2ccc(C)cc2C)cc(C(C)=O)c1=O. The molecule has 0 radical (unpaired) electrons. The van der Waals surface area contributed by atoms with Crippen LogP contribution in [0.1, 0.15) is 41.8 Å². The quantitative estimate of drug-likeness (QED) is 0.810. The average Bonchev–Trinajstić information content (AvgIpc) is 2.41. The smallest absolute Gasteiger partial charge is 0.277 e. The summed E-state index contributed by atoms with van der Waals surface area (Å²) in [4.78, 5) is 23.9. The van der Waals surface area contributed by atoms with Gasteiger partial charge in [-0.25, -0.2) is 4.68 Å². The van der Waals surface area contributed by atoms with Crippen molar-refractivity contribution in [1.29, 1.82) is 0 Å². The third-order valence-electron chi connectivity index (χ3n) is 3.45. The van der Waals surface area contributed by atoms with Crippen LogP contribution in [0.25, 0.3) is 11.3 Å². The van der Waals surface area contributed by atoms with Gasteiger partial charge in [-0.15, -0.1) is 0 Å². The Kier molecular flexibility index (Phi) is 4.36. The van der Waals surface area contributed by atoms with Crippen molar-refractivity contribution in [3.63, 3.8) is 0 Å². The molecule has 4 heteroatoms. The number of Topliss-reactive ketones (excluding diaryl/α,β-unsaturated/α-hetero) is 1. The number of rotatable bonds is 4. The molecule has 0 bridgehead atoms. The predicted octanol–water partition coefficient (Wildman–Crippen LogP) is 3.14. The Bertz CT molecular complexity index is 745.